The number of nitrogens with zero attached hydrogens (tertiary/aromatic N) is 1. The predicted octanol–water partition coefficient (Wildman–Crippen LogP) is 3.41. The van der Waals surface area contributed by atoms with Gasteiger partial charge in [0.05, 0.1) is 0 Å². The molecule has 0 saturated heterocycles. The third-order valence-corrected chi connectivity index (χ3v) is 4.15. The quantitative estimate of drug-likeness (QED) is 0.772. The standard InChI is InChI=1S/C17H21BrN2O3/c1-11(2)9-14(17(22)23)19-16(21)6-8-20-7-5-12-3-4-13(18)10-15(12)20/h3-5,7,10-11,14H,6,8-9H2,1-2H3,(H,19,21)(H,22,23). The Bertz CT molecular complexity index is 709. The highest BCUT2D eigenvalue weighted by atomic mass is 79.9. The first kappa shape index (κ1) is 17.5. The van der Waals surface area contributed by atoms with E-state index in [-0.39, 0.29) is 18.2 Å². The van der Waals surface area contributed by atoms with Gasteiger partial charge in [-0.2, -0.15) is 0 Å². The fourth-order valence-corrected chi connectivity index (χ4v) is 2.88. The molecular formula is C17H21BrN2O3. The van der Waals surface area contributed by atoms with Crippen LogP contribution in [0.5, 0.6) is 0 Å². The molecule has 0 fully saturated rings. The summed E-state index contributed by atoms with van der Waals surface area (Å²) >= 11 is 3.44. The lowest BCUT2D eigenvalue weighted by Gasteiger charge is -2.16. The Morgan fingerprint density at radius 3 is 2.70 bits per heavy atom. The van der Waals surface area contributed by atoms with Gasteiger partial charge in [0.1, 0.15) is 6.04 Å². The molecule has 0 spiro atoms. The Labute approximate surface area is 143 Å². The molecule has 0 bridgehead atoms. The van der Waals surface area contributed by atoms with E-state index in [2.05, 4.69) is 21.2 Å². The molecule has 2 rings (SSSR count). The van der Waals surface area contributed by atoms with Crippen molar-refractivity contribution in [2.75, 3.05) is 0 Å². The van der Waals surface area contributed by atoms with Crippen LogP contribution in [0.2, 0.25) is 0 Å². The number of amides is 1. The maximum Gasteiger partial charge on any atom is 0.326 e. The van der Waals surface area contributed by atoms with Gasteiger partial charge in [0.25, 0.3) is 0 Å². The van der Waals surface area contributed by atoms with Crippen LogP contribution in [0.15, 0.2) is 34.9 Å². The molecule has 1 amide bonds. The number of hydrogen-bond donors (Lipinski definition) is 2. The largest absolute Gasteiger partial charge is 0.480 e. The molecule has 0 saturated carbocycles. The molecule has 0 aliphatic heterocycles. The Morgan fingerprint density at radius 1 is 1.30 bits per heavy atom. The summed E-state index contributed by atoms with van der Waals surface area (Å²) in [7, 11) is 0. The number of aromatic nitrogens is 1. The van der Waals surface area contributed by atoms with Gasteiger partial charge in [-0.25, -0.2) is 4.79 Å². The van der Waals surface area contributed by atoms with Crippen LogP contribution in [0.4, 0.5) is 0 Å². The first-order valence-electron chi connectivity index (χ1n) is 7.63. The smallest absolute Gasteiger partial charge is 0.326 e. The van der Waals surface area contributed by atoms with E-state index in [9.17, 15) is 9.59 Å². The number of carboxylic acids is 1. The fraction of sp³-hybridized carbons (Fsp3) is 0.412. The summed E-state index contributed by atoms with van der Waals surface area (Å²) in [6.45, 7) is 4.39. The first-order valence-corrected chi connectivity index (χ1v) is 8.42. The average Bonchev–Trinajstić information content (AvgIpc) is 2.86. The molecule has 1 unspecified atom stereocenters. The van der Waals surface area contributed by atoms with Crippen LogP contribution in [0.25, 0.3) is 10.9 Å². The van der Waals surface area contributed by atoms with Crippen molar-refractivity contribution in [1.82, 2.24) is 9.88 Å². The average molecular weight is 381 g/mol. The van der Waals surface area contributed by atoms with E-state index in [4.69, 9.17) is 5.11 Å². The molecule has 5 nitrogen and oxygen atoms in total. The van der Waals surface area contributed by atoms with Crippen molar-refractivity contribution < 1.29 is 14.7 Å². The van der Waals surface area contributed by atoms with Crippen molar-refractivity contribution in [3.05, 3.63) is 34.9 Å². The summed E-state index contributed by atoms with van der Waals surface area (Å²) in [6.07, 6.45) is 2.62. The minimum atomic E-state index is -0.984. The van der Waals surface area contributed by atoms with Gasteiger partial charge in [0.2, 0.25) is 5.91 Å². The summed E-state index contributed by atoms with van der Waals surface area (Å²) in [5.41, 5.74) is 1.05. The van der Waals surface area contributed by atoms with Crippen LogP contribution in [-0.4, -0.2) is 27.6 Å². The minimum Gasteiger partial charge on any atom is -0.480 e. The van der Waals surface area contributed by atoms with Crippen LogP contribution in [0.1, 0.15) is 26.7 Å². The molecular weight excluding hydrogens is 360 g/mol. The van der Waals surface area contributed by atoms with Gasteiger partial charge in [0.15, 0.2) is 0 Å². The lowest BCUT2D eigenvalue weighted by atomic mass is 10.0. The van der Waals surface area contributed by atoms with E-state index in [0.29, 0.717) is 13.0 Å². The van der Waals surface area contributed by atoms with Crippen LogP contribution in [-0.2, 0) is 16.1 Å². The lowest BCUT2D eigenvalue weighted by Crippen LogP contribution is -2.41. The second-order valence-corrected chi connectivity index (χ2v) is 6.97. The van der Waals surface area contributed by atoms with Crippen molar-refractivity contribution in [2.24, 2.45) is 5.92 Å². The van der Waals surface area contributed by atoms with Crippen molar-refractivity contribution in [2.45, 2.75) is 39.3 Å². The number of hydrogen-bond acceptors (Lipinski definition) is 2. The molecule has 23 heavy (non-hydrogen) atoms. The predicted molar refractivity (Wildman–Crippen MR) is 93.3 cm³/mol. The SMILES string of the molecule is CC(C)CC(NC(=O)CCn1ccc2ccc(Br)cc21)C(=O)O. The minimum absolute atomic E-state index is 0.210. The third-order valence-electron chi connectivity index (χ3n) is 3.66. The lowest BCUT2D eigenvalue weighted by molar-refractivity contribution is -0.142. The summed E-state index contributed by atoms with van der Waals surface area (Å²) in [5, 5.41) is 12.9. The number of carbonyl (C=O) groups is 2. The van der Waals surface area contributed by atoms with Crippen LogP contribution < -0.4 is 5.32 Å². The Balaban J connectivity index is 1.97. The molecule has 1 atom stereocenters. The van der Waals surface area contributed by atoms with Gasteiger partial charge in [-0.05, 0) is 35.9 Å². The van der Waals surface area contributed by atoms with E-state index >= 15 is 0 Å². The van der Waals surface area contributed by atoms with E-state index < -0.39 is 12.0 Å². The van der Waals surface area contributed by atoms with Crippen molar-refractivity contribution in [1.29, 1.82) is 0 Å². The Morgan fingerprint density at radius 2 is 2.04 bits per heavy atom. The molecule has 6 heteroatoms. The number of carbonyl (C=O) groups excluding carboxylic acids is 1. The molecule has 0 aliphatic carbocycles. The van der Waals surface area contributed by atoms with Gasteiger partial charge in [-0.15, -0.1) is 0 Å². The van der Waals surface area contributed by atoms with Crippen molar-refractivity contribution in [3.8, 4) is 0 Å². The monoisotopic (exact) mass is 380 g/mol. The first-order chi connectivity index (χ1) is 10.9. The Kier molecular flexibility index (Phi) is 5.82. The van der Waals surface area contributed by atoms with Gasteiger partial charge >= 0.3 is 5.97 Å². The van der Waals surface area contributed by atoms with E-state index in [1.54, 1.807) is 0 Å². The van der Waals surface area contributed by atoms with E-state index in [0.717, 1.165) is 15.4 Å². The fourth-order valence-electron chi connectivity index (χ4n) is 2.53. The molecule has 0 aliphatic rings. The highest BCUT2D eigenvalue weighted by Crippen LogP contribution is 2.21. The van der Waals surface area contributed by atoms with Crippen molar-refractivity contribution >= 4 is 38.7 Å². The van der Waals surface area contributed by atoms with Crippen LogP contribution >= 0.6 is 15.9 Å². The second kappa shape index (κ2) is 7.64. The van der Waals surface area contributed by atoms with Gasteiger partial charge < -0.3 is 15.0 Å². The topological polar surface area (TPSA) is 71.3 Å². The number of benzene rings is 1. The van der Waals surface area contributed by atoms with E-state index in [1.807, 2.05) is 48.9 Å². The number of halogens is 1. The summed E-state index contributed by atoms with van der Waals surface area (Å²) < 4.78 is 2.98. The zero-order valence-electron chi connectivity index (χ0n) is 13.3. The summed E-state index contributed by atoms with van der Waals surface area (Å²) in [6, 6.07) is 7.17. The van der Waals surface area contributed by atoms with E-state index in [1.165, 1.54) is 0 Å². The number of nitrogens with one attached hydrogen (secondary N) is 1. The highest BCUT2D eigenvalue weighted by molar-refractivity contribution is 9.10. The van der Waals surface area contributed by atoms with Gasteiger partial charge in [-0.1, -0.05) is 35.8 Å². The summed E-state index contributed by atoms with van der Waals surface area (Å²) in [4.78, 5) is 23.2. The molecule has 2 N–H and O–H groups in total. The molecule has 0 radical (unpaired) electrons. The second-order valence-electron chi connectivity index (χ2n) is 6.05. The molecule has 1 heterocycles. The van der Waals surface area contributed by atoms with Crippen LogP contribution in [0, 0.1) is 5.92 Å². The third kappa shape index (κ3) is 4.82. The summed E-state index contributed by atoms with van der Waals surface area (Å²) in [5.74, 6) is -1.01. The maximum absolute atomic E-state index is 12.0. The number of aliphatic carboxylic acids is 1. The normalized spacial score (nSPS) is 12.5. The maximum atomic E-state index is 12.0. The molecule has 2 aromatic rings. The number of fused-ring (bicyclic) bond motifs is 1. The van der Waals surface area contributed by atoms with Gasteiger partial charge in [0, 0.05) is 29.2 Å². The molecule has 124 valence electrons. The molecule has 1 aromatic heterocycles. The highest BCUT2D eigenvalue weighted by Gasteiger charge is 2.20. The van der Waals surface area contributed by atoms with Crippen LogP contribution in [0.3, 0.4) is 0 Å². The van der Waals surface area contributed by atoms with Crippen molar-refractivity contribution in [3.63, 3.8) is 0 Å². The zero-order chi connectivity index (χ0) is 17.0. The number of carboxylic acid groups (broad SMARTS) is 1. The van der Waals surface area contributed by atoms with Gasteiger partial charge in [-0.3, -0.25) is 4.79 Å². The Hall–Kier alpha value is -1.82. The zero-order valence-corrected chi connectivity index (χ0v) is 14.8. The molecule has 1 aromatic carbocycles. The number of aryl methyl sites for hydroxylation is 1. The number of rotatable bonds is 7.